The van der Waals surface area contributed by atoms with Gasteiger partial charge in [-0.05, 0) is 71.0 Å². The van der Waals surface area contributed by atoms with Crippen LogP contribution in [-0.2, 0) is 6.42 Å². The molecular formula is C13H15Br2N. The van der Waals surface area contributed by atoms with Gasteiger partial charge in [0.1, 0.15) is 0 Å². The molecule has 3 rings (SSSR count). The molecule has 1 aromatic heterocycles. The van der Waals surface area contributed by atoms with Crippen LogP contribution < -0.4 is 0 Å². The Labute approximate surface area is 113 Å². The summed E-state index contributed by atoms with van der Waals surface area (Å²) in [7, 11) is 0. The maximum absolute atomic E-state index is 4.51. The van der Waals surface area contributed by atoms with Gasteiger partial charge in [-0.1, -0.05) is 15.9 Å². The Bertz CT molecular complexity index is 377. The van der Waals surface area contributed by atoms with E-state index >= 15 is 0 Å². The Kier molecular flexibility index (Phi) is 2.87. The number of nitrogens with zero attached hydrogens (tertiary/aromatic N) is 1. The zero-order valence-electron chi connectivity index (χ0n) is 9.13. The van der Waals surface area contributed by atoms with Crippen molar-refractivity contribution in [3.63, 3.8) is 0 Å². The fraction of sp³-hybridized carbons (Fsp3) is 0.615. The van der Waals surface area contributed by atoms with Gasteiger partial charge in [0.2, 0.25) is 0 Å². The van der Waals surface area contributed by atoms with Crippen LogP contribution in [0.5, 0.6) is 0 Å². The van der Waals surface area contributed by atoms with Gasteiger partial charge in [-0.15, -0.1) is 0 Å². The van der Waals surface area contributed by atoms with E-state index in [2.05, 4.69) is 49.0 Å². The first kappa shape index (κ1) is 11.2. The van der Waals surface area contributed by atoms with Gasteiger partial charge >= 0.3 is 0 Å². The van der Waals surface area contributed by atoms with Gasteiger partial charge in [0.05, 0.1) is 0 Å². The molecule has 1 aromatic rings. The van der Waals surface area contributed by atoms with Crippen molar-refractivity contribution in [1.29, 1.82) is 0 Å². The summed E-state index contributed by atoms with van der Waals surface area (Å²) in [4.78, 5) is 4.51. The zero-order chi connectivity index (χ0) is 11.2. The number of rotatable bonds is 3. The predicted octanol–water partition coefficient (Wildman–Crippen LogP) is 4.20. The van der Waals surface area contributed by atoms with Gasteiger partial charge in [0.15, 0.2) is 0 Å². The van der Waals surface area contributed by atoms with Crippen LogP contribution in [0, 0.1) is 17.3 Å². The van der Waals surface area contributed by atoms with E-state index in [-0.39, 0.29) is 0 Å². The van der Waals surface area contributed by atoms with Crippen molar-refractivity contribution in [2.24, 2.45) is 17.3 Å². The molecule has 2 saturated carbocycles. The maximum atomic E-state index is 4.51. The number of hydrogen-bond donors (Lipinski definition) is 0. The van der Waals surface area contributed by atoms with E-state index < -0.39 is 0 Å². The third kappa shape index (κ3) is 2.08. The molecule has 0 amide bonds. The second-order valence-corrected chi connectivity index (χ2v) is 6.92. The van der Waals surface area contributed by atoms with Crippen LogP contribution in [0.1, 0.15) is 25.0 Å². The number of halogens is 2. The summed E-state index contributed by atoms with van der Waals surface area (Å²) >= 11 is 7.15. The Morgan fingerprint density at radius 3 is 2.62 bits per heavy atom. The number of aromatic nitrogens is 1. The first-order chi connectivity index (χ1) is 7.71. The van der Waals surface area contributed by atoms with Crippen molar-refractivity contribution < 1.29 is 0 Å². The summed E-state index contributed by atoms with van der Waals surface area (Å²) < 4.78 is 1.07. The third-order valence-corrected chi connectivity index (χ3v) is 5.75. The van der Waals surface area contributed by atoms with Crippen molar-refractivity contribution in [3.8, 4) is 0 Å². The number of hydrogen-bond acceptors (Lipinski definition) is 1. The molecule has 2 aliphatic carbocycles. The molecule has 2 aliphatic rings. The van der Waals surface area contributed by atoms with E-state index in [1.54, 1.807) is 0 Å². The molecule has 0 aromatic carbocycles. The minimum atomic E-state index is 0.494. The molecule has 2 unspecified atom stereocenters. The Balaban J connectivity index is 1.75. The van der Waals surface area contributed by atoms with Gasteiger partial charge in [-0.2, -0.15) is 0 Å². The lowest BCUT2D eigenvalue weighted by atomic mass is 9.81. The first-order valence-electron chi connectivity index (χ1n) is 5.87. The fourth-order valence-corrected chi connectivity index (χ4v) is 4.09. The lowest BCUT2D eigenvalue weighted by Crippen LogP contribution is -2.24. The summed E-state index contributed by atoms with van der Waals surface area (Å²) in [6, 6.07) is 4.25. The average Bonchev–Trinajstić information content (AvgIpc) is 2.91. The molecule has 86 valence electrons. The van der Waals surface area contributed by atoms with Gasteiger partial charge in [-0.25, -0.2) is 0 Å². The maximum Gasteiger partial charge on any atom is 0.0413 e. The molecule has 3 heteroatoms. The SMILES string of the molecule is BrCC1(Cc2ccc(Br)cn2)CC2CC2C1. The van der Waals surface area contributed by atoms with Crippen molar-refractivity contribution in [2.75, 3.05) is 5.33 Å². The van der Waals surface area contributed by atoms with Crippen molar-refractivity contribution in [2.45, 2.75) is 25.7 Å². The molecule has 0 saturated heterocycles. The number of pyridine rings is 1. The predicted molar refractivity (Wildman–Crippen MR) is 72.7 cm³/mol. The molecule has 0 bridgehead atoms. The third-order valence-electron chi connectivity index (χ3n) is 4.09. The topological polar surface area (TPSA) is 12.9 Å². The Hall–Kier alpha value is 0.110. The standard InChI is InChI=1S/C13H15Br2N/c14-8-13(4-9-3-10(9)5-13)6-12-2-1-11(15)7-16-12/h1-2,7,9-10H,3-6,8H2. The summed E-state index contributed by atoms with van der Waals surface area (Å²) in [6.07, 6.45) is 7.34. The minimum absolute atomic E-state index is 0.494. The molecule has 0 radical (unpaired) electrons. The molecule has 0 N–H and O–H groups in total. The number of alkyl halides is 1. The molecule has 1 heterocycles. The molecule has 2 atom stereocenters. The van der Waals surface area contributed by atoms with E-state index in [1.807, 2.05) is 6.20 Å². The zero-order valence-corrected chi connectivity index (χ0v) is 12.3. The van der Waals surface area contributed by atoms with Crippen molar-refractivity contribution >= 4 is 31.9 Å². The highest BCUT2D eigenvalue weighted by Crippen LogP contribution is 2.61. The van der Waals surface area contributed by atoms with Gasteiger partial charge in [-0.3, -0.25) is 4.98 Å². The molecule has 0 aliphatic heterocycles. The summed E-state index contributed by atoms with van der Waals surface area (Å²) in [5.41, 5.74) is 1.73. The highest BCUT2D eigenvalue weighted by atomic mass is 79.9. The summed E-state index contributed by atoms with van der Waals surface area (Å²) in [5.74, 6) is 2.07. The van der Waals surface area contributed by atoms with Crippen LogP contribution in [0.25, 0.3) is 0 Å². The Morgan fingerprint density at radius 1 is 1.31 bits per heavy atom. The largest absolute Gasteiger partial charge is 0.260 e. The van der Waals surface area contributed by atoms with Crippen LogP contribution in [-0.4, -0.2) is 10.3 Å². The smallest absolute Gasteiger partial charge is 0.0413 e. The highest BCUT2D eigenvalue weighted by molar-refractivity contribution is 9.10. The molecule has 16 heavy (non-hydrogen) atoms. The van der Waals surface area contributed by atoms with E-state index in [0.29, 0.717) is 5.41 Å². The fourth-order valence-electron chi connectivity index (χ4n) is 3.20. The number of fused-ring (bicyclic) bond motifs is 1. The van der Waals surface area contributed by atoms with Crippen molar-refractivity contribution in [3.05, 3.63) is 28.5 Å². The molecule has 2 fully saturated rings. The first-order valence-corrected chi connectivity index (χ1v) is 7.79. The second-order valence-electron chi connectivity index (χ2n) is 5.44. The second kappa shape index (κ2) is 4.09. The normalized spacial score (nSPS) is 36.1. The highest BCUT2D eigenvalue weighted by Gasteiger charge is 2.53. The molecule has 1 nitrogen and oxygen atoms in total. The Morgan fingerprint density at radius 2 is 2.06 bits per heavy atom. The van der Waals surface area contributed by atoms with Crippen LogP contribution in [0.4, 0.5) is 0 Å². The van der Waals surface area contributed by atoms with Gasteiger partial charge < -0.3 is 0 Å². The summed E-state index contributed by atoms with van der Waals surface area (Å²) in [6.45, 7) is 0. The van der Waals surface area contributed by atoms with Gasteiger partial charge in [0.25, 0.3) is 0 Å². The molecular weight excluding hydrogens is 330 g/mol. The lowest BCUT2D eigenvalue weighted by Gasteiger charge is -2.28. The van der Waals surface area contributed by atoms with E-state index in [4.69, 9.17) is 0 Å². The summed E-state index contributed by atoms with van der Waals surface area (Å²) in [5, 5.41) is 1.13. The quantitative estimate of drug-likeness (QED) is 0.749. The lowest BCUT2D eigenvalue weighted by molar-refractivity contribution is 0.305. The monoisotopic (exact) mass is 343 g/mol. The van der Waals surface area contributed by atoms with Crippen LogP contribution >= 0.6 is 31.9 Å². The van der Waals surface area contributed by atoms with E-state index in [9.17, 15) is 0 Å². The van der Waals surface area contributed by atoms with E-state index in [1.165, 1.54) is 25.0 Å². The van der Waals surface area contributed by atoms with Gasteiger partial charge in [0, 0.05) is 21.7 Å². The van der Waals surface area contributed by atoms with Crippen LogP contribution in [0.15, 0.2) is 22.8 Å². The van der Waals surface area contributed by atoms with Crippen LogP contribution in [0.2, 0.25) is 0 Å². The molecule has 0 spiro atoms. The van der Waals surface area contributed by atoms with E-state index in [0.717, 1.165) is 28.1 Å². The minimum Gasteiger partial charge on any atom is -0.260 e. The van der Waals surface area contributed by atoms with Crippen molar-refractivity contribution in [1.82, 2.24) is 4.98 Å². The average molecular weight is 345 g/mol. The van der Waals surface area contributed by atoms with Crippen LogP contribution in [0.3, 0.4) is 0 Å².